The number of urea groups is 1. The van der Waals surface area contributed by atoms with Crippen LogP contribution in [0, 0.1) is 0 Å². The van der Waals surface area contributed by atoms with E-state index in [1.807, 2.05) is 6.92 Å². The highest BCUT2D eigenvalue weighted by atomic mass is 16.6. The van der Waals surface area contributed by atoms with Crippen molar-refractivity contribution in [1.82, 2.24) is 20.9 Å². The summed E-state index contributed by atoms with van der Waals surface area (Å²) in [5.74, 6) is -1.06. The van der Waals surface area contributed by atoms with E-state index in [4.69, 9.17) is 9.84 Å². The highest BCUT2D eigenvalue weighted by Gasteiger charge is 2.30. The van der Waals surface area contributed by atoms with Crippen LogP contribution in [0.3, 0.4) is 0 Å². The molecule has 1 heterocycles. The number of carbonyl (C=O) groups is 3. The first-order valence-electron chi connectivity index (χ1n) is 7.66. The van der Waals surface area contributed by atoms with E-state index in [1.165, 1.54) is 5.01 Å². The highest BCUT2D eigenvalue weighted by Crippen LogP contribution is 2.12. The van der Waals surface area contributed by atoms with Crippen LogP contribution in [0.25, 0.3) is 0 Å². The molecule has 0 aliphatic carbocycles. The number of nitrogens with one attached hydrogen (secondary N) is 2. The second-order valence-electron chi connectivity index (χ2n) is 6.46. The van der Waals surface area contributed by atoms with Crippen LogP contribution in [-0.4, -0.2) is 58.0 Å². The molecule has 3 N–H and O–H groups in total. The van der Waals surface area contributed by atoms with Crippen LogP contribution in [-0.2, 0) is 9.53 Å². The summed E-state index contributed by atoms with van der Waals surface area (Å²) < 4.78 is 5.11. The number of carbonyl (C=O) groups excluding carboxylic acids is 2. The fourth-order valence-corrected chi connectivity index (χ4v) is 2.09. The summed E-state index contributed by atoms with van der Waals surface area (Å²) >= 11 is 0. The molecule has 23 heavy (non-hydrogen) atoms. The Bertz CT molecular complexity index is 449. The average Bonchev–Trinajstić information content (AvgIpc) is 2.41. The van der Waals surface area contributed by atoms with E-state index in [0.29, 0.717) is 6.54 Å². The van der Waals surface area contributed by atoms with Crippen molar-refractivity contribution >= 4 is 18.1 Å². The molecule has 0 aromatic rings. The molecule has 9 nitrogen and oxygen atoms in total. The first kappa shape index (κ1) is 19.0. The molecule has 0 aromatic carbocycles. The zero-order chi connectivity index (χ0) is 17.6. The standard InChI is InChI=1S/C14H26N4O5/c1-10-6-5-8-15-18(10)13(22)17(9-7-11(19)20)16-12(21)23-14(2,3)4/h10,15H,5-9H2,1-4H3,(H,16,21)(H,19,20). The summed E-state index contributed by atoms with van der Waals surface area (Å²) in [6.07, 6.45) is 0.683. The number of aliphatic carboxylic acids is 1. The van der Waals surface area contributed by atoms with Crippen LogP contribution >= 0.6 is 0 Å². The van der Waals surface area contributed by atoms with Gasteiger partial charge in [0.05, 0.1) is 13.0 Å². The van der Waals surface area contributed by atoms with E-state index in [9.17, 15) is 14.4 Å². The van der Waals surface area contributed by atoms with Crippen LogP contribution in [0.2, 0.25) is 0 Å². The predicted molar refractivity (Wildman–Crippen MR) is 82.3 cm³/mol. The van der Waals surface area contributed by atoms with E-state index in [0.717, 1.165) is 17.9 Å². The molecule has 1 aliphatic rings. The molecule has 3 amide bonds. The SMILES string of the molecule is CC1CCCNN1C(=O)N(CCC(=O)O)NC(=O)OC(C)(C)C. The van der Waals surface area contributed by atoms with Crippen molar-refractivity contribution in [2.75, 3.05) is 13.1 Å². The molecule has 0 radical (unpaired) electrons. The summed E-state index contributed by atoms with van der Waals surface area (Å²) in [7, 11) is 0. The van der Waals surface area contributed by atoms with Gasteiger partial charge in [-0.3, -0.25) is 9.80 Å². The van der Waals surface area contributed by atoms with Crippen molar-refractivity contribution in [3.63, 3.8) is 0 Å². The fourth-order valence-electron chi connectivity index (χ4n) is 2.09. The molecule has 1 unspecified atom stereocenters. The third-order valence-electron chi connectivity index (χ3n) is 3.13. The predicted octanol–water partition coefficient (Wildman–Crippen LogP) is 1.31. The van der Waals surface area contributed by atoms with Gasteiger partial charge >= 0.3 is 18.1 Å². The van der Waals surface area contributed by atoms with Crippen LogP contribution < -0.4 is 10.9 Å². The van der Waals surface area contributed by atoms with Gasteiger partial charge in [-0.2, -0.15) is 0 Å². The van der Waals surface area contributed by atoms with Gasteiger partial charge in [-0.1, -0.05) is 0 Å². The van der Waals surface area contributed by atoms with Gasteiger partial charge in [0, 0.05) is 12.6 Å². The number of amides is 3. The molecule has 0 saturated carbocycles. The highest BCUT2D eigenvalue weighted by molar-refractivity contribution is 5.78. The van der Waals surface area contributed by atoms with Crippen molar-refractivity contribution < 1.29 is 24.2 Å². The molecule has 1 rings (SSSR count). The number of hydrogen-bond acceptors (Lipinski definition) is 5. The summed E-state index contributed by atoms with van der Waals surface area (Å²) in [6, 6.07) is -0.562. The van der Waals surface area contributed by atoms with E-state index < -0.39 is 23.7 Å². The Kier molecular flexibility index (Phi) is 6.62. The Balaban J connectivity index is 2.75. The molecule has 9 heteroatoms. The third kappa shape index (κ3) is 6.72. The summed E-state index contributed by atoms with van der Waals surface area (Å²) in [4.78, 5) is 35.2. The topological polar surface area (TPSA) is 111 Å². The second-order valence-corrected chi connectivity index (χ2v) is 6.46. The van der Waals surface area contributed by atoms with E-state index >= 15 is 0 Å². The molecular weight excluding hydrogens is 304 g/mol. The normalized spacial score (nSPS) is 18.3. The number of carboxylic acids is 1. The Morgan fingerprint density at radius 2 is 2.04 bits per heavy atom. The Morgan fingerprint density at radius 3 is 2.57 bits per heavy atom. The molecule has 0 spiro atoms. The van der Waals surface area contributed by atoms with Crippen LogP contribution in [0.1, 0.15) is 47.0 Å². The lowest BCUT2D eigenvalue weighted by Crippen LogP contribution is -2.60. The second kappa shape index (κ2) is 8.00. The molecular formula is C14H26N4O5. The van der Waals surface area contributed by atoms with Crippen LogP contribution in [0.4, 0.5) is 9.59 Å². The van der Waals surface area contributed by atoms with Gasteiger partial charge in [-0.15, -0.1) is 0 Å². The Labute approximate surface area is 135 Å². The zero-order valence-electron chi connectivity index (χ0n) is 14.1. The minimum atomic E-state index is -1.06. The molecule has 1 saturated heterocycles. The maximum atomic E-state index is 12.5. The van der Waals surface area contributed by atoms with Gasteiger partial charge in [-0.05, 0) is 40.5 Å². The quantitative estimate of drug-likeness (QED) is 0.673. The van der Waals surface area contributed by atoms with Crippen LogP contribution in [0.15, 0.2) is 0 Å². The Hall–Kier alpha value is -2.03. The van der Waals surface area contributed by atoms with Gasteiger partial charge < -0.3 is 9.84 Å². The minimum Gasteiger partial charge on any atom is -0.481 e. The fraction of sp³-hybridized carbons (Fsp3) is 0.786. The summed E-state index contributed by atoms with van der Waals surface area (Å²) in [5, 5.41) is 11.2. The average molecular weight is 330 g/mol. The molecule has 0 aromatic heterocycles. The maximum Gasteiger partial charge on any atom is 0.426 e. The first-order valence-corrected chi connectivity index (χ1v) is 7.66. The number of ether oxygens (including phenoxy) is 1. The van der Waals surface area contributed by atoms with E-state index in [1.54, 1.807) is 20.8 Å². The zero-order valence-corrected chi connectivity index (χ0v) is 14.1. The summed E-state index contributed by atoms with van der Waals surface area (Å²) in [6.45, 7) is 7.47. The van der Waals surface area contributed by atoms with E-state index in [2.05, 4.69) is 10.9 Å². The van der Waals surface area contributed by atoms with Crippen molar-refractivity contribution in [2.24, 2.45) is 0 Å². The van der Waals surface area contributed by atoms with E-state index in [-0.39, 0.29) is 19.0 Å². The molecule has 1 fully saturated rings. The van der Waals surface area contributed by atoms with Gasteiger partial charge in [0.25, 0.3) is 0 Å². The van der Waals surface area contributed by atoms with Crippen LogP contribution in [0.5, 0.6) is 0 Å². The third-order valence-corrected chi connectivity index (χ3v) is 3.13. The molecule has 1 atom stereocenters. The van der Waals surface area contributed by atoms with Crippen molar-refractivity contribution in [1.29, 1.82) is 0 Å². The lowest BCUT2D eigenvalue weighted by atomic mass is 10.1. The largest absolute Gasteiger partial charge is 0.481 e. The van der Waals surface area contributed by atoms with Gasteiger partial charge in [0.2, 0.25) is 0 Å². The van der Waals surface area contributed by atoms with Gasteiger partial charge in [0.1, 0.15) is 5.60 Å². The monoisotopic (exact) mass is 330 g/mol. The minimum absolute atomic E-state index is 0.0518. The molecule has 1 aliphatic heterocycles. The van der Waals surface area contributed by atoms with Crippen molar-refractivity contribution in [3.05, 3.63) is 0 Å². The Morgan fingerprint density at radius 1 is 1.39 bits per heavy atom. The molecule has 0 bridgehead atoms. The number of rotatable bonds is 3. The van der Waals surface area contributed by atoms with Gasteiger partial charge in [-0.25, -0.2) is 25.4 Å². The van der Waals surface area contributed by atoms with Gasteiger partial charge in [0.15, 0.2) is 0 Å². The maximum absolute atomic E-state index is 12.5. The van der Waals surface area contributed by atoms with Crippen molar-refractivity contribution in [3.8, 4) is 0 Å². The number of hydrazine groups is 2. The molecule has 132 valence electrons. The first-order chi connectivity index (χ1) is 10.6. The number of carboxylic acid groups (broad SMARTS) is 1. The lowest BCUT2D eigenvalue weighted by molar-refractivity contribution is -0.137. The smallest absolute Gasteiger partial charge is 0.426 e. The summed E-state index contributed by atoms with van der Waals surface area (Å²) in [5.41, 5.74) is 4.57. The lowest BCUT2D eigenvalue weighted by Gasteiger charge is -2.37. The number of nitrogens with zero attached hydrogens (tertiary/aromatic N) is 2. The van der Waals surface area contributed by atoms with Crippen molar-refractivity contribution in [2.45, 2.75) is 58.6 Å². The number of hydrogen-bond donors (Lipinski definition) is 3.